The second-order valence-corrected chi connectivity index (χ2v) is 8.19. The third-order valence-corrected chi connectivity index (χ3v) is 6.08. The van der Waals surface area contributed by atoms with E-state index in [4.69, 9.17) is 4.74 Å². The van der Waals surface area contributed by atoms with Gasteiger partial charge in [0.2, 0.25) is 0 Å². The fourth-order valence-electron chi connectivity index (χ4n) is 3.51. The van der Waals surface area contributed by atoms with Crippen LogP contribution < -0.4 is 14.9 Å². The van der Waals surface area contributed by atoms with E-state index in [-0.39, 0.29) is 5.56 Å². The van der Waals surface area contributed by atoms with Crippen LogP contribution in [-0.4, -0.2) is 17.6 Å². The topological polar surface area (TPSA) is 60.7 Å². The summed E-state index contributed by atoms with van der Waals surface area (Å²) in [4.78, 5) is 30.9. The molecule has 0 bridgehead atoms. The highest BCUT2D eigenvalue weighted by molar-refractivity contribution is 7.07. The molecule has 32 heavy (non-hydrogen) atoms. The predicted octanol–water partition coefficient (Wildman–Crippen LogP) is 3.74. The molecule has 0 saturated heterocycles. The minimum Gasteiger partial charge on any atom is -0.466 e. The second kappa shape index (κ2) is 9.58. The fraction of sp³-hybridized carbons (Fsp3) is 0.115. The zero-order valence-corrected chi connectivity index (χ0v) is 18.6. The minimum absolute atomic E-state index is 0.192. The van der Waals surface area contributed by atoms with E-state index in [0.29, 0.717) is 20.6 Å². The van der Waals surface area contributed by atoms with Gasteiger partial charge in [0.25, 0.3) is 5.56 Å². The van der Waals surface area contributed by atoms with Crippen LogP contribution in [0.25, 0.3) is 18.2 Å². The van der Waals surface area contributed by atoms with Crippen LogP contribution in [0.5, 0.6) is 0 Å². The molecule has 3 aromatic rings. The highest BCUT2D eigenvalue weighted by atomic mass is 32.1. The molecule has 0 aliphatic carbocycles. The largest absolute Gasteiger partial charge is 0.466 e. The molecule has 6 heteroatoms. The third-order valence-electron chi connectivity index (χ3n) is 5.08. The first-order valence-corrected chi connectivity index (χ1v) is 11.0. The van der Waals surface area contributed by atoms with Gasteiger partial charge in [-0.1, -0.05) is 96.3 Å². The quantitative estimate of drug-likeness (QED) is 0.566. The number of thiazole rings is 1. The molecule has 0 radical (unpaired) electrons. The van der Waals surface area contributed by atoms with E-state index in [0.717, 1.165) is 11.1 Å². The highest BCUT2D eigenvalue weighted by Crippen LogP contribution is 2.26. The number of allylic oxidation sites excluding steroid dienone is 3. The monoisotopic (exact) mass is 442 g/mol. The second-order valence-electron chi connectivity index (χ2n) is 7.18. The Balaban J connectivity index is 1.80. The predicted molar refractivity (Wildman–Crippen MR) is 129 cm³/mol. The number of nitrogens with zero attached hydrogens (tertiary/aromatic N) is 2. The van der Waals surface area contributed by atoms with Gasteiger partial charge in [-0.3, -0.25) is 9.36 Å². The normalized spacial score (nSPS) is 16.4. The molecule has 1 aliphatic rings. The summed E-state index contributed by atoms with van der Waals surface area (Å²) in [6.45, 7) is 1.77. The number of hydrogen-bond acceptors (Lipinski definition) is 5. The zero-order valence-electron chi connectivity index (χ0n) is 17.8. The average Bonchev–Trinajstić information content (AvgIpc) is 3.13. The van der Waals surface area contributed by atoms with Crippen molar-refractivity contribution in [2.45, 2.75) is 13.0 Å². The van der Waals surface area contributed by atoms with Crippen molar-refractivity contribution >= 4 is 35.5 Å². The molecule has 0 N–H and O–H groups in total. The summed E-state index contributed by atoms with van der Waals surface area (Å²) in [5.41, 5.74) is 2.73. The molecule has 0 fully saturated rings. The first-order valence-electron chi connectivity index (χ1n) is 10.1. The molecule has 2 heterocycles. The van der Waals surface area contributed by atoms with Crippen molar-refractivity contribution in [3.05, 3.63) is 115 Å². The molecule has 0 unspecified atom stereocenters. The molecule has 1 atom stereocenters. The number of ether oxygens (including phenoxy) is 1. The zero-order chi connectivity index (χ0) is 22.5. The van der Waals surface area contributed by atoms with Gasteiger partial charge < -0.3 is 4.74 Å². The first-order chi connectivity index (χ1) is 15.6. The van der Waals surface area contributed by atoms with Gasteiger partial charge >= 0.3 is 5.97 Å². The number of rotatable bonds is 5. The standard InChI is InChI=1S/C26H22N2O3S/c1-18-23(25(30)31-2)21(17-16-20-12-7-4-8-13-20)28-24(29)22(32-26(28)27-18)15-9-14-19-10-5-3-6-11-19/h3-17,21H,1-2H3/b14-9+,17-16+,22-15-/t21-/m0/s1. The van der Waals surface area contributed by atoms with Gasteiger partial charge in [-0.05, 0) is 24.1 Å². The van der Waals surface area contributed by atoms with Crippen molar-refractivity contribution in [3.8, 4) is 0 Å². The van der Waals surface area contributed by atoms with E-state index in [1.165, 1.54) is 18.4 Å². The van der Waals surface area contributed by atoms with E-state index in [1.54, 1.807) is 17.6 Å². The van der Waals surface area contributed by atoms with Gasteiger partial charge in [-0.2, -0.15) is 0 Å². The van der Waals surface area contributed by atoms with Gasteiger partial charge in [-0.15, -0.1) is 0 Å². The van der Waals surface area contributed by atoms with Gasteiger partial charge in [0.05, 0.1) is 29.0 Å². The molecule has 0 amide bonds. The van der Waals surface area contributed by atoms with Crippen molar-refractivity contribution < 1.29 is 9.53 Å². The number of aromatic nitrogens is 1. The summed E-state index contributed by atoms with van der Waals surface area (Å²) in [6.07, 6.45) is 9.33. The van der Waals surface area contributed by atoms with Gasteiger partial charge in [0, 0.05) is 0 Å². The molecule has 0 saturated carbocycles. The molecule has 1 aliphatic heterocycles. The Morgan fingerprint density at radius 1 is 1.03 bits per heavy atom. The van der Waals surface area contributed by atoms with Crippen molar-refractivity contribution in [1.29, 1.82) is 0 Å². The lowest BCUT2D eigenvalue weighted by molar-refractivity contribution is -0.136. The van der Waals surface area contributed by atoms with Crippen LogP contribution in [0.3, 0.4) is 0 Å². The van der Waals surface area contributed by atoms with Crippen LogP contribution >= 0.6 is 11.3 Å². The molecule has 4 rings (SSSR count). The van der Waals surface area contributed by atoms with E-state index in [9.17, 15) is 9.59 Å². The maximum atomic E-state index is 13.3. The lowest BCUT2D eigenvalue weighted by atomic mass is 10.0. The van der Waals surface area contributed by atoms with Gasteiger partial charge in [-0.25, -0.2) is 9.79 Å². The van der Waals surface area contributed by atoms with E-state index >= 15 is 0 Å². The van der Waals surface area contributed by atoms with E-state index in [2.05, 4.69) is 4.99 Å². The highest BCUT2D eigenvalue weighted by Gasteiger charge is 2.29. The molecule has 5 nitrogen and oxygen atoms in total. The number of carbonyl (C=O) groups excluding carboxylic acids is 1. The Hall–Kier alpha value is -3.77. The van der Waals surface area contributed by atoms with Crippen molar-refractivity contribution in [1.82, 2.24) is 4.57 Å². The SMILES string of the molecule is COC(=O)C1=C(C)N=c2s/c(=C\C=C\c3ccccc3)c(=O)n2[C@H]1/C=C/c1ccccc1. The maximum absolute atomic E-state index is 13.3. The average molecular weight is 443 g/mol. The summed E-state index contributed by atoms with van der Waals surface area (Å²) in [5, 5.41) is 0. The smallest absolute Gasteiger partial charge is 0.338 e. The van der Waals surface area contributed by atoms with E-state index < -0.39 is 12.0 Å². The molecule has 160 valence electrons. The summed E-state index contributed by atoms with van der Waals surface area (Å²) >= 11 is 1.30. The van der Waals surface area contributed by atoms with Crippen LogP contribution in [0.2, 0.25) is 0 Å². The Morgan fingerprint density at radius 3 is 2.28 bits per heavy atom. The summed E-state index contributed by atoms with van der Waals surface area (Å²) in [5.74, 6) is -0.493. The Morgan fingerprint density at radius 2 is 1.66 bits per heavy atom. The van der Waals surface area contributed by atoms with Gasteiger partial charge in [0.1, 0.15) is 0 Å². The molecule has 1 aromatic heterocycles. The maximum Gasteiger partial charge on any atom is 0.338 e. The summed E-state index contributed by atoms with van der Waals surface area (Å²) in [7, 11) is 1.33. The number of benzene rings is 2. The number of esters is 1. The number of carbonyl (C=O) groups is 1. The summed E-state index contributed by atoms with van der Waals surface area (Å²) in [6, 6.07) is 19.0. The van der Waals surface area contributed by atoms with Gasteiger partial charge in [0.15, 0.2) is 4.80 Å². The third kappa shape index (κ3) is 4.45. The van der Waals surface area contributed by atoms with Crippen molar-refractivity contribution in [2.75, 3.05) is 7.11 Å². The lowest BCUT2D eigenvalue weighted by Crippen LogP contribution is -2.38. The Labute approximate surface area is 189 Å². The molecular formula is C26H22N2O3S. The number of hydrogen-bond donors (Lipinski definition) is 0. The van der Waals surface area contributed by atoms with Crippen molar-refractivity contribution in [2.24, 2.45) is 4.99 Å². The molecular weight excluding hydrogens is 420 g/mol. The lowest BCUT2D eigenvalue weighted by Gasteiger charge is -2.21. The minimum atomic E-state index is -0.598. The first kappa shape index (κ1) is 21.5. The van der Waals surface area contributed by atoms with E-state index in [1.807, 2.05) is 85.0 Å². The summed E-state index contributed by atoms with van der Waals surface area (Å²) < 4.78 is 7.11. The van der Waals surface area contributed by atoms with Crippen LogP contribution in [0.1, 0.15) is 24.1 Å². The molecule has 0 spiro atoms. The van der Waals surface area contributed by atoms with Crippen molar-refractivity contribution in [3.63, 3.8) is 0 Å². The number of methoxy groups -OCH3 is 1. The fourth-order valence-corrected chi connectivity index (χ4v) is 4.52. The number of fused-ring (bicyclic) bond motifs is 1. The van der Waals surface area contributed by atoms with Crippen LogP contribution in [0.15, 0.2) is 93.9 Å². The molecule has 2 aromatic carbocycles. The van der Waals surface area contributed by atoms with Crippen LogP contribution in [0.4, 0.5) is 0 Å². The Bertz CT molecular complexity index is 1390. The van der Waals surface area contributed by atoms with Crippen LogP contribution in [0, 0.1) is 0 Å². The van der Waals surface area contributed by atoms with Crippen LogP contribution in [-0.2, 0) is 9.53 Å². The Kier molecular flexibility index (Phi) is 6.42.